The average molecular weight is 388 g/mol. The molecule has 0 saturated heterocycles. The molecule has 1 fully saturated rings. The second-order valence-corrected chi connectivity index (χ2v) is 8.08. The van der Waals surface area contributed by atoms with E-state index in [1.165, 1.54) is 24.0 Å². The molecule has 136 valence electrons. The van der Waals surface area contributed by atoms with Gasteiger partial charge in [0.05, 0.1) is 5.69 Å². The number of nitrogens with two attached hydrogens (primary N) is 1. The Kier molecular flexibility index (Phi) is 5.21. The highest BCUT2D eigenvalue weighted by Gasteiger charge is 2.36. The summed E-state index contributed by atoms with van der Waals surface area (Å²) < 4.78 is 0. The van der Waals surface area contributed by atoms with Crippen molar-refractivity contribution in [1.82, 2.24) is 5.32 Å². The molecule has 2 aliphatic rings. The molecule has 0 radical (unpaired) electrons. The molecule has 5 heteroatoms. The Morgan fingerprint density at radius 2 is 1.96 bits per heavy atom. The molecule has 1 heterocycles. The van der Waals surface area contributed by atoms with Crippen LogP contribution in [0.3, 0.4) is 0 Å². The SMILES string of the molecule is NC1=Nc2cc(CCNCc3cccc(Cl)c3)c(Cl)cc2[C@H]2CCC[C@@H]12. The minimum atomic E-state index is 0.406. The second-order valence-electron chi connectivity index (χ2n) is 7.24. The van der Waals surface area contributed by atoms with E-state index in [-0.39, 0.29) is 0 Å². The third kappa shape index (κ3) is 3.62. The Bertz CT molecular complexity index is 847. The maximum Gasteiger partial charge on any atom is 0.103 e. The van der Waals surface area contributed by atoms with Crippen LogP contribution < -0.4 is 11.1 Å². The van der Waals surface area contributed by atoms with Crippen LogP contribution in [0.15, 0.2) is 41.4 Å². The Hall–Kier alpha value is -1.55. The topological polar surface area (TPSA) is 50.4 Å². The maximum absolute atomic E-state index is 6.58. The van der Waals surface area contributed by atoms with Gasteiger partial charge >= 0.3 is 0 Å². The van der Waals surface area contributed by atoms with Crippen molar-refractivity contribution < 1.29 is 0 Å². The van der Waals surface area contributed by atoms with Gasteiger partial charge in [-0.1, -0.05) is 41.8 Å². The van der Waals surface area contributed by atoms with E-state index in [9.17, 15) is 0 Å². The van der Waals surface area contributed by atoms with Gasteiger partial charge in [-0.05, 0) is 72.7 Å². The molecule has 0 bridgehead atoms. The van der Waals surface area contributed by atoms with Gasteiger partial charge in [0.1, 0.15) is 5.84 Å². The zero-order valence-electron chi connectivity index (χ0n) is 14.6. The van der Waals surface area contributed by atoms with Crippen LogP contribution in [0.2, 0.25) is 10.0 Å². The van der Waals surface area contributed by atoms with Crippen LogP contribution in [0.1, 0.15) is 41.9 Å². The van der Waals surface area contributed by atoms with Crippen LogP contribution in [0.4, 0.5) is 5.69 Å². The van der Waals surface area contributed by atoms with E-state index in [1.807, 2.05) is 18.2 Å². The van der Waals surface area contributed by atoms with Crippen molar-refractivity contribution in [2.75, 3.05) is 6.54 Å². The van der Waals surface area contributed by atoms with Crippen LogP contribution in [0, 0.1) is 5.92 Å². The van der Waals surface area contributed by atoms with Crippen molar-refractivity contribution >= 4 is 34.7 Å². The predicted molar refractivity (Wildman–Crippen MR) is 110 cm³/mol. The molecular weight excluding hydrogens is 365 g/mol. The van der Waals surface area contributed by atoms with Crippen LogP contribution in [-0.2, 0) is 13.0 Å². The first-order valence-electron chi connectivity index (χ1n) is 9.23. The summed E-state index contributed by atoms with van der Waals surface area (Å²) in [7, 11) is 0. The molecule has 0 unspecified atom stereocenters. The number of amidine groups is 1. The summed E-state index contributed by atoms with van der Waals surface area (Å²) in [5.74, 6) is 1.70. The highest BCUT2D eigenvalue weighted by atomic mass is 35.5. The largest absolute Gasteiger partial charge is 0.387 e. The van der Waals surface area contributed by atoms with E-state index in [0.717, 1.165) is 53.1 Å². The molecule has 3 N–H and O–H groups in total. The number of hydrogen-bond acceptors (Lipinski definition) is 3. The number of hydrogen-bond donors (Lipinski definition) is 2. The lowest BCUT2D eigenvalue weighted by molar-refractivity contribution is 0.609. The van der Waals surface area contributed by atoms with Gasteiger partial charge in [-0.2, -0.15) is 0 Å². The normalized spacial score (nSPS) is 21.2. The highest BCUT2D eigenvalue weighted by Crippen LogP contribution is 2.47. The molecule has 4 rings (SSSR count). The lowest BCUT2D eigenvalue weighted by atomic mass is 9.84. The van der Waals surface area contributed by atoms with Crippen molar-refractivity contribution in [1.29, 1.82) is 0 Å². The van der Waals surface area contributed by atoms with Gasteiger partial charge in [-0.15, -0.1) is 0 Å². The molecule has 1 aliphatic heterocycles. The minimum absolute atomic E-state index is 0.406. The van der Waals surface area contributed by atoms with Crippen molar-refractivity contribution in [2.45, 2.75) is 38.1 Å². The first kappa shape index (κ1) is 17.8. The number of nitrogens with one attached hydrogen (secondary N) is 1. The Morgan fingerprint density at radius 1 is 1.12 bits per heavy atom. The number of benzene rings is 2. The first-order chi connectivity index (χ1) is 12.6. The van der Waals surface area contributed by atoms with Crippen molar-refractivity contribution in [3.63, 3.8) is 0 Å². The summed E-state index contributed by atoms with van der Waals surface area (Å²) in [6.07, 6.45) is 4.41. The van der Waals surface area contributed by atoms with Crippen molar-refractivity contribution in [3.8, 4) is 0 Å². The summed E-state index contributed by atoms with van der Waals surface area (Å²) in [5, 5.41) is 5.06. The fourth-order valence-corrected chi connectivity index (χ4v) is 4.70. The monoisotopic (exact) mass is 387 g/mol. The lowest BCUT2D eigenvalue weighted by Crippen LogP contribution is -2.28. The van der Waals surface area contributed by atoms with E-state index in [4.69, 9.17) is 28.9 Å². The summed E-state index contributed by atoms with van der Waals surface area (Å²) in [4.78, 5) is 4.68. The van der Waals surface area contributed by atoms with E-state index in [0.29, 0.717) is 11.8 Å². The second kappa shape index (κ2) is 7.59. The Labute approximate surface area is 164 Å². The molecule has 1 aliphatic carbocycles. The Morgan fingerprint density at radius 3 is 2.81 bits per heavy atom. The zero-order chi connectivity index (χ0) is 18.1. The number of fused-ring (bicyclic) bond motifs is 3. The fraction of sp³-hybridized carbons (Fsp3) is 0.381. The molecule has 0 aromatic heterocycles. The summed E-state index contributed by atoms with van der Waals surface area (Å²) in [5.41, 5.74) is 10.8. The molecule has 2 aromatic carbocycles. The van der Waals surface area contributed by atoms with Gasteiger partial charge in [-0.25, -0.2) is 4.99 Å². The number of nitrogens with zero attached hydrogens (tertiary/aromatic N) is 1. The fourth-order valence-electron chi connectivity index (χ4n) is 4.22. The molecule has 3 nitrogen and oxygen atoms in total. The quantitative estimate of drug-likeness (QED) is 0.691. The van der Waals surface area contributed by atoms with Crippen LogP contribution >= 0.6 is 23.2 Å². The maximum atomic E-state index is 6.58. The predicted octanol–water partition coefficient (Wildman–Crippen LogP) is 5.21. The number of rotatable bonds is 5. The molecule has 2 aromatic rings. The van der Waals surface area contributed by atoms with Crippen LogP contribution in [0.25, 0.3) is 0 Å². The van der Waals surface area contributed by atoms with Crippen LogP contribution in [0.5, 0.6) is 0 Å². The highest BCUT2D eigenvalue weighted by molar-refractivity contribution is 6.31. The Balaban J connectivity index is 1.43. The third-order valence-corrected chi connectivity index (χ3v) is 6.12. The summed E-state index contributed by atoms with van der Waals surface area (Å²) in [6.45, 7) is 1.63. The molecule has 1 saturated carbocycles. The molecular formula is C21H23Cl2N3. The van der Waals surface area contributed by atoms with Gasteiger partial charge in [0.2, 0.25) is 0 Å². The van der Waals surface area contributed by atoms with E-state index < -0.39 is 0 Å². The van der Waals surface area contributed by atoms with Gasteiger partial charge < -0.3 is 11.1 Å². The smallest absolute Gasteiger partial charge is 0.103 e. The standard InChI is InChI=1S/C21H23Cl2N3/c22-15-4-1-3-13(9-15)12-25-8-7-14-10-20-18(11-19(14)23)16-5-2-6-17(16)21(24)26-20/h1,3-4,9-11,16-17,25H,2,5-8,12H2,(H2,24,26)/t16-,17+/m0/s1. The van der Waals surface area contributed by atoms with E-state index in [1.54, 1.807) is 0 Å². The summed E-state index contributed by atoms with van der Waals surface area (Å²) >= 11 is 12.6. The number of halogens is 2. The van der Waals surface area contributed by atoms with Crippen LogP contribution in [-0.4, -0.2) is 12.4 Å². The third-order valence-electron chi connectivity index (χ3n) is 5.53. The van der Waals surface area contributed by atoms with Gasteiger partial charge in [-0.3, -0.25) is 0 Å². The van der Waals surface area contributed by atoms with Gasteiger partial charge in [0.15, 0.2) is 0 Å². The molecule has 26 heavy (non-hydrogen) atoms. The molecule has 0 spiro atoms. The molecule has 0 amide bonds. The van der Waals surface area contributed by atoms with E-state index in [2.05, 4.69) is 28.5 Å². The van der Waals surface area contributed by atoms with Gasteiger partial charge in [0.25, 0.3) is 0 Å². The minimum Gasteiger partial charge on any atom is -0.387 e. The van der Waals surface area contributed by atoms with Gasteiger partial charge in [0, 0.05) is 22.5 Å². The lowest BCUT2D eigenvalue weighted by Gasteiger charge is -2.27. The van der Waals surface area contributed by atoms with Crippen molar-refractivity contribution in [2.24, 2.45) is 16.6 Å². The zero-order valence-corrected chi connectivity index (χ0v) is 16.2. The molecule has 2 atom stereocenters. The van der Waals surface area contributed by atoms with Crippen molar-refractivity contribution in [3.05, 3.63) is 63.1 Å². The van der Waals surface area contributed by atoms with E-state index >= 15 is 0 Å². The average Bonchev–Trinajstić information content (AvgIpc) is 3.11. The summed E-state index contributed by atoms with van der Waals surface area (Å²) in [6, 6.07) is 12.2. The first-order valence-corrected chi connectivity index (χ1v) is 9.99. The number of aliphatic imine (C=N–C) groups is 1.